The van der Waals surface area contributed by atoms with Crippen molar-refractivity contribution in [1.29, 1.82) is 0 Å². The second-order valence-corrected chi connectivity index (χ2v) is 4.11. The highest BCUT2D eigenvalue weighted by molar-refractivity contribution is 7.77. The van der Waals surface area contributed by atoms with E-state index in [4.69, 9.17) is 10.0 Å². The van der Waals surface area contributed by atoms with Crippen LogP contribution in [0.3, 0.4) is 0 Å². The molecule has 2 N–H and O–H groups in total. The van der Waals surface area contributed by atoms with Gasteiger partial charge in [-0.05, 0) is 23.0 Å². The Balaban J connectivity index is 2.33. The zero-order chi connectivity index (χ0) is 10.1. The summed E-state index contributed by atoms with van der Waals surface area (Å²) < 4.78 is 1.93. The maximum absolute atomic E-state index is 9.01. The lowest BCUT2D eigenvalue weighted by Crippen LogP contribution is -2.32. The fourth-order valence-electron chi connectivity index (χ4n) is 1.72. The van der Waals surface area contributed by atoms with Crippen LogP contribution < -0.4 is 5.46 Å². The molecule has 0 aliphatic carbocycles. The molecule has 1 aromatic carbocycles. The van der Waals surface area contributed by atoms with Crippen LogP contribution in [0.5, 0.6) is 0 Å². The first kappa shape index (κ1) is 10.0. The zero-order valence-corrected chi connectivity index (χ0v) is 8.61. The number of benzene rings is 1. The lowest BCUT2D eigenvalue weighted by Gasteiger charge is -2.24. The van der Waals surface area contributed by atoms with Crippen LogP contribution in [0.1, 0.15) is 11.1 Å². The van der Waals surface area contributed by atoms with E-state index in [0.717, 1.165) is 25.1 Å². The Bertz CT molecular complexity index is 346. The quantitative estimate of drug-likeness (QED) is 0.434. The van der Waals surface area contributed by atoms with E-state index in [2.05, 4.69) is 12.8 Å². The first-order valence-corrected chi connectivity index (χ1v) is 4.98. The summed E-state index contributed by atoms with van der Waals surface area (Å²) in [6.07, 6.45) is 0.973. The van der Waals surface area contributed by atoms with Crippen LogP contribution in [0.15, 0.2) is 18.2 Å². The monoisotopic (exact) mass is 209 g/mol. The highest BCUT2D eigenvalue weighted by Crippen LogP contribution is 2.18. The van der Waals surface area contributed by atoms with Gasteiger partial charge in [-0.3, -0.25) is 0 Å². The predicted molar refractivity (Wildman–Crippen MR) is 59.4 cm³/mol. The van der Waals surface area contributed by atoms with E-state index in [1.165, 1.54) is 5.56 Å². The van der Waals surface area contributed by atoms with E-state index < -0.39 is 7.12 Å². The molecule has 0 radical (unpaired) electrons. The van der Waals surface area contributed by atoms with Crippen LogP contribution in [0.4, 0.5) is 0 Å². The molecule has 0 amide bonds. The molecule has 0 saturated heterocycles. The molecule has 1 heterocycles. The highest BCUT2D eigenvalue weighted by Gasteiger charge is 2.17. The van der Waals surface area contributed by atoms with Crippen molar-refractivity contribution < 1.29 is 10.0 Å². The van der Waals surface area contributed by atoms with E-state index in [1.54, 1.807) is 6.07 Å². The van der Waals surface area contributed by atoms with Gasteiger partial charge in [-0.2, -0.15) is 0 Å². The van der Waals surface area contributed by atoms with Crippen molar-refractivity contribution in [1.82, 2.24) is 4.31 Å². The molecule has 0 saturated carbocycles. The van der Waals surface area contributed by atoms with Gasteiger partial charge in [-0.1, -0.05) is 31.0 Å². The smallest absolute Gasteiger partial charge is 0.423 e. The summed E-state index contributed by atoms with van der Waals surface area (Å²) in [5.74, 6) is 0. The molecule has 1 aliphatic rings. The van der Waals surface area contributed by atoms with Crippen molar-refractivity contribution in [2.24, 2.45) is 0 Å². The molecular weight excluding hydrogens is 197 g/mol. The van der Waals surface area contributed by atoms with E-state index in [0.29, 0.717) is 5.46 Å². The van der Waals surface area contributed by atoms with Crippen molar-refractivity contribution in [3.8, 4) is 0 Å². The van der Waals surface area contributed by atoms with Crippen molar-refractivity contribution in [2.75, 3.05) is 6.54 Å². The van der Waals surface area contributed by atoms with Gasteiger partial charge in [0.15, 0.2) is 0 Å². The number of rotatable bonds is 1. The largest absolute Gasteiger partial charge is 0.488 e. The second-order valence-electron chi connectivity index (χ2n) is 3.54. The third kappa shape index (κ3) is 1.96. The predicted octanol–water partition coefficient (Wildman–Crippen LogP) is -0.431. The van der Waals surface area contributed by atoms with Gasteiger partial charge in [0.05, 0.1) is 0 Å². The molecule has 5 heteroatoms. The van der Waals surface area contributed by atoms with Crippen LogP contribution in [-0.4, -0.2) is 28.0 Å². The fourth-order valence-corrected chi connectivity index (χ4v) is 1.98. The summed E-state index contributed by atoms with van der Waals surface area (Å²) in [4.78, 5) is 0. The summed E-state index contributed by atoms with van der Waals surface area (Å²) >= 11 is 4.28. The number of hydrogen-bond acceptors (Lipinski definition) is 4. The normalized spacial score (nSPS) is 16.5. The maximum Gasteiger partial charge on any atom is 0.488 e. The fraction of sp³-hybridized carbons (Fsp3) is 0.333. The van der Waals surface area contributed by atoms with Gasteiger partial charge in [0, 0.05) is 13.1 Å². The standard InChI is InChI=1S/C9H12BNO2S/c12-10(13)9-2-1-7-3-4-11(14)6-8(7)5-9/h1-2,5,12-14H,3-4,6H2. The summed E-state index contributed by atoms with van der Waals surface area (Å²) in [6, 6.07) is 5.56. The van der Waals surface area contributed by atoms with Gasteiger partial charge in [0.25, 0.3) is 0 Å². The topological polar surface area (TPSA) is 43.7 Å². The summed E-state index contributed by atoms with van der Waals surface area (Å²) in [5.41, 5.74) is 2.96. The van der Waals surface area contributed by atoms with Gasteiger partial charge in [-0.25, -0.2) is 4.31 Å². The van der Waals surface area contributed by atoms with Gasteiger partial charge >= 0.3 is 7.12 Å². The van der Waals surface area contributed by atoms with Crippen molar-refractivity contribution in [3.63, 3.8) is 0 Å². The molecule has 3 nitrogen and oxygen atoms in total. The third-order valence-corrected chi connectivity index (χ3v) is 2.86. The van der Waals surface area contributed by atoms with Crippen LogP contribution in [0.25, 0.3) is 0 Å². The SMILES string of the molecule is OB(O)c1ccc2c(c1)CN(S)CC2. The average molecular weight is 209 g/mol. The van der Waals surface area contributed by atoms with Gasteiger partial charge in [0.1, 0.15) is 0 Å². The molecule has 0 unspecified atom stereocenters. The van der Waals surface area contributed by atoms with Gasteiger partial charge in [-0.15, -0.1) is 0 Å². The van der Waals surface area contributed by atoms with E-state index >= 15 is 0 Å². The highest BCUT2D eigenvalue weighted by atomic mass is 32.1. The van der Waals surface area contributed by atoms with Crippen molar-refractivity contribution in [2.45, 2.75) is 13.0 Å². The minimum absolute atomic E-state index is 0.549. The number of thiol groups is 1. The molecule has 0 spiro atoms. The van der Waals surface area contributed by atoms with E-state index in [1.807, 2.05) is 16.4 Å². The second kappa shape index (κ2) is 3.94. The Kier molecular flexibility index (Phi) is 2.83. The molecule has 1 aliphatic heterocycles. The summed E-state index contributed by atoms with van der Waals surface area (Å²) in [7, 11) is -1.38. The summed E-state index contributed by atoms with van der Waals surface area (Å²) in [6.45, 7) is 1.70. The summed E-state index contributed by atoms with van der Waals surface area (Å²) in [5, 5.41) is 18.0. The van der Waals surface area contributed by atoms with E-state index in [9.17, 15) is 0 Å². The van der Waals surface area contributed by atoms with Gasteiger partial charge in [0.2, 0.25) is 0 Å². The third-order valence-electron chi connectivity index (χ3n) is 2.52. The lowest BCUT2D eigenvalue weighted by molar-refractivity contribution is 0.425. The number of nitrogens with zero attached hydrogens (tertiary/aromatic N) is 1. The first-order chi connectivity index (χ1) is 6.66. The Labute approximate surface area is 89.1 Å². The van der Waals surface area contributed by atoms with Crippen molar-refractivity contribution >= 4 is 25.4 Å². The molecule has 14 heavy (non-hydrogen) atoms. The Morgan fingerprint density at radius 1 is 1.29 bits per heavy atom. The van der Waals surface area contributed by atoms with Crippen LogP contribution >= 0.6 is 12.8 Å². The molecule has 2 rings (SSSR count). The Morgan fingerprint density at radius 2 is 2.07 bits per heavy atom. The van der Waals surface area contributed by atoms with E-state index in [-0.39, 0.29) is 0 Å². The molecule has 74 valence electrons. The molecule has 1 aromatic rings. The number of fused-ring (bicyclic) bond motifs is 1. The number of hydrogen-bond donors (Lipinski definition) is 3. The van der Waals surface area contributed by atoms with Crippen LogP contribution in [-0.2, 0) is 13.0 Å². The Morgan fingerprint density at radius 3 is 2.79 bits per heavy atom. The molecular formula is C9H12BNO2S. The van der Waals surface area contributed by atoms with Crippen LogP contribution in [0, 0.1) is 0 Å². The van der Waals surface area contributed by atoms with Crippen molar-refractivity contribution in [3.05, 3.63) is 29.3 Å². The lowest BCUT2D eigenvalue weighted by atomic mass is 9.78. The molecule has 0 fully saturated rings. The maximum atomic E-state index is 9.01. The Hall–Kier alpha value is -0.485. The molecule has 0 atom stereocenters. The van der Waals surface area contributed by atoms with Crippen LogP contribution in [0.2, 0.25) is 0 Å². The van der Waals surface area contributed by atoms with Gasteiger partial charge < -0.3 is 10.0 Å². The average Bonchev–Trinajstić information content (AvgIpc) is 2.16. The minimum Gasteiger partial charge on any atom is -0.423 e. The first-order valence-electron chi connectivity index (χ1n) is 4.58. The zero-order valence-electron chi connectivity index (χ0n) is 7.72. The molecule has 0 bridgehead atoms. The molecule has 0 aromatic heterocycles. The minimum atomic E-state index is -1.38.